The van der Waals surface area contributed by atoms with E-state index < -0.39 is 0 Å². The smallest absolute Gasteiger partial charge is 0.247 e. The van der Waals surface area contributed by atoms with Crippen molar-refractivity contribution in [3.8, 4) is 0 Å². The largest absolute Gasteiger partial charge is 0.369 e. The van der Waals surface area contributed by atoms with E-state index in [0.29, 0.717) is 34.3 Å². The summed E-state index contributed by atoms with van der Waals surface area (Å²) in [6, 6.07) is 5.87. The molecule has 1 saturated heterocycles. The van der Waals surface area contributed by atoms with Crippen LogP contribution < -0.4 is 11.1 Å². The molecule has 4 saturated carbocycles. The van der Waals surface area contributed by atoms with Gasteiger partial charge in [0.1, 0.15) is 5.37 Å². The molecule has 6 unspecified atom stereocenters. The van der Waals surface area contributed by atoms with E-state index >= 15 is 0 Å². The minimum Gasteiger partial charge on any atom is -0.369 e. The summed E-state index contributed by atoms with van der Waals surface area (Å²) in [6.07, 6.45) is 5.15. The molecule has 1 spiro atoms. The number of hydrogen-bond acceptors (Lipinski definition) is 4. The molecule has 6 rings (SSSR count). The number of carbonyl (C=O) groups is 2. The first-order chi connectivity index (χ1) is 14.8. The molecule has 1 aromatic rings. The molecule has 2 amide bonds. The molecule has 7 atom stereocenters. The molecule has 3 N–H and O–H groups in total. The van der Waals surface area contributed by atoms with Crippen LogP contribution in [0, 0.1) is 28.6 Å². The highest BCUT2D eigenvalue weighted by molar-refractivity contribution is 8.00. The van der Waals surface area contributed by atoms with Crippen LogP contribution in [0.3, 0.4) is 0 Å². The van der Waals surface area contributed by atoms with Crippen LogP contribution in [0.4, 0.5) is 0 Å². The third-order valence-corrected chi connectivity index (χ3v) is 11.0. The second kappa shape index (κ2) is 7.02. The van der Waals surface area contributed by atoms with Crippen LogP contribution in [0.2, 0.25) is 10.0 Å². The number of nitrogens with two attached hydrogens (primary N) is 1. The number of primary amides is 1. The van der Waals surface area contributed by atoms with Crippen LogP contribution in [0.5, 0.6) is 0 Å². The Balaban J connectivity index is 1.16. The number of thioether (sulfide) groups is 1. The van der Waals surface area contributed by atoms with Gasteiger partial charge in [0.05, 0.1) is 15.5 Å². The number of nitrogens with one attached hydrogen (secondary N) is 1. The Morgan fingerprint density at radius 1 is 1.19 bits per heavy atom. The lowest BCUT2D eigenvalue weighted by molar-refractivity contribution is -0.131. The zero-order valence-electron chi connectivity index (χ0n) is 17.3. The van der Waals surface area contributed by atoms with E-state index in [1.807, 2.05) is 18.2 Å². The number of rotatable bonds is 5. The van der Waals surface area contributed by atoms with Crippen molar-refractivity contribution in [3.05, 3.63) is 33.8 Å². The second-order valence-electron chi connectivity index (χ2n) is 10.5. The van der Waals surface area contributed by atoms with Crippen LogP contribution in [0.1, 0.15) is 37.7 Å². The van der Waals surface area contributed by atoms with E-state index in [0.717, 1.165) is 43.5 Å². The van der Waals surface area contributed by atoms with Crippen molar-refractivity contribution >= 4 is 46.8 Å². The van der Waals surface area contributed by atoms with E-state index in [-0.39, 0.29) is 34.1 Å². The van der Waals surface area contributed by atoms with Gasteiger partial charge in [-0.1, -0.05) is 29.3 Å². The van der Waals surface area contributed by atoms with Gasteiger partial charge in [-0.2, -0.15) is 0 Å². The lowest BCUT2D eigenvalue weighted by Gasteiger charge is -2.56. The maximum Gasteiger partial charge on any atom is 0.247 e. The fraction of sp³-hybridized carbons (Fsp3) is 0.652. The predicted octanol–water partition coefficient (Wildman–Crippen LogP) is 3.66. The first-order valence-electron chi connectivity index (χ1n) is 11.2. The Morgan fingerprint density at radius 2 is 2.03 bits per heavy atom. The van der Waals surface area contributed by atoms with Crippen molar-refractivity contribution in [2.75, 3.05) is 12.3 Å². The maximum atomic E-state index is 13.3. The fourth-order valence-electron chi connectivity index (χ4n) is 7.97. The van der Waals surface area contributed by atoms with Crippen LogP contribution in [0.15, 0.2) is 18.2 Å². The average Bonchev–Trinajstić information content (AvgIpc) is 3.34. The summed E-state index contributed by atoms with van der Waals surface area (Å²) in [7, 11) is 0. The summed E-state index contributed by atoms with van der Waals surface area (Å²) >= 11 is 13.9. The molecule has 5 nitrogen and oxygen atoms in total. The molecule has 5 fully saturated rings. The first-order valence-corrected chi connectivity index (χ1v) is 13.0. The topological polar surface area (TPSA) is 75.4 Å². The van der Waals surface area contributed by atoms with Gasteiger partial charge in [-0.3, -0.25) is 14.5 Å². The van der Waals surface area contributed by atoms with Crippen molar-refractivity contribution in [2.45, 2.75) is 50.1 Å². The summed E-state index contributed by atoms with van der Waals surface area (Å²) in [5.74, 6) is 2.47. The standard InChI is InChI=1S/C23H27Cl2N3O2S/c24-16-2-1-12(6-17(16)25)10-28-3-4-31-20(28)19(29)27-18-14-5-13-7-22(21(26)30)9-15(18)23(14,8-13)11-22/h1-2,6,13-15,18,20H,3-5,7-11H2,(H2,26,30)(H,27,29)/t13?,14?,15?,18?,20?,22-,23?/m1/s1. The Hall–Kier alpha value is -0.950. The van der Waals surface area contributed by atoms with Gasteiger partial charge < -0.3 is 11.1 Å². The van der Waals surface area contributed by atoms with Gasteiger partial charge in [-0.05, 0) is 73.0 Å². The zero-order chi connectivity index (χ0) is 21.5. The number of hydrogen-bond donors (Lipinski definition) is 2. The van der Waals surface area contributed by atoms with E-state index in [9.17, 15) is 9.59 Å². The average molecular weight is 480 g/mol. The summed E-state index contributed by atoms with van der Waals surface area (Å²) in [4.78, 5) is 27.9. The molecule has 3 bridgehead atoms. The van der Waals surface area contributed by atoms with Gasteiger partial charge in [0.2, 0.25) is 11.8 Å². The molecule has 0 aromatic heterocycles. The minimum atomic E-state index is -0.316. The van der Waals surface area contributed by atoms with Gasteiger partial charge in [0, 0.05) is 24.9 Å². The highest BCUT2D eigenvalue weighted by Crippen LogP contribution is 2.78. The molecule has 8 heteroatoms. The number of fused-ring (bicyclic) bond motifs is 2. The van der Waals surface area contributed by atoms with Gasteiger partial charge in [-0.15, -0.1) is 11.8 Å². The van der Waals surface area contributed by atoms with Crippen molar-refractivity contribution in [3.63, 3.8) is 0 Å². The van der Waals surface area contributed by atoms with E-state index in [4.69, 9.17) is 28.9 Å². The Bertz CT molecular complexity index is 976. The Morgan fingerprint density at radius 3 is 2.81 bits per heavy atom. The number of benzene rings is 1. The summed E-state index contributed by atoms with van der Waals surface area (Å²) in [5.41, 5.74) is 6.88. The van der Waals surface area contributed by atoms with Gasteiger partial charge in [0.15, 0.2) is 0 Å². The highest BCUT2D eigenvalue weighted by atomic mass is 35.5. The number of nitrogens with zero attached hydrogens (tertiary/aromatic N) is 1. The molecular weight excluding hydrogens is 453 g/mol. The molecule has 31 heavy (non-hydrogen) atoms. The van der Waals surface area contributed by atoms with Gasteiger partial charge in [0.25, 0.3) is 0 Å². The van der Waals surface area contributed by atoms with Crippen molar-refractivity contribution in [2.24, 2.45) is 34.3 Å². The maximum absolute atomic E-state index is 13.3. The van der Waals surface area contributed by atoms with Crippen molar-refractivity contribution in [1.82, 2.24) is 10.2 Å². The quantitative estimate of drug-likeness (QED) is 0.675. The molecule has 1 aromatic carbocycles. The minimum absolute atomic E-state index is 0.113. The molecule has 4 aliphatic carbocycles. The summed E-state index contributed by atoms with van der Waals surface area (Å²) in [5, 5.41) is 4.33. The summed E-state index contributed by atoms with van der Waals surface area (Å²) in [6.45, 7) is 1.55. The van der Waals surface area contributed by atoms with Crippen LogP contribution in [0.25, 0.3) is 0 Å². The van der Waals surface area contributed by atoms with E-state index in [1.165, 1.54) is 6.42 Å². The predicted molar refractivity (Wildman–Crippen MR) is 123 cm³/mol. The number of halogens is 2. The normalized spacial score (nSPS) is 42.5. The second-order valence-corrected chi connectivity index (χ2v) is 12.5. The highest BCUT2D eigenvalue weighted by Gasteiger charge is 2.76. The zero-order valence-corrected chi connectivity index (χ0v) is 19.6. The number of carbonyl (C=O) groups excluding carboxylic acids is 2. The SMILES string of the molecule is NC(=O)[C@]12CC3CC4C(NC(=O)C5SCCN5Cc5ccc(Cl)c(Cl)c5)C(C1)C4(C3)C2. The third kappa shape index (κ3) is 2.94. The lowest BCUT2D eigenvalue weighted by atomic mass is 9.52. The van der Waals surface area contributed by atoms with Gasteiger partial charge in [-0.25, -0.2) is 0 Å². The monoisotopic (exact) mass is 479 g/mol. The molecule has 166 valence electrons. The molecular formula is C23H27Cl2N3O2S. The number of amides is 2. The van der Waals surface area contributed by atoms with Crippen LogP contribution in [-0.2, 0) is 16.1 Å². The van der Waals surface area contributed by atoms with Gasteiger partial charge >= 0.3 is 0 Å². The fourth-order valence-corrected chi connectivity index (χ4v) is 9.47. The van der Waals surface area contributed by atoms with Crippen molar-refractivity contribution < 1.29 is 9.59 Å². The Labute approximate surface area is 196 Å². The van der Waals surface area contributed by atoms with Crippen molar-refractivity contribution in [1.29, 1.82) is 0 Å². The molecule has 0 radical (unpaired) electrons. The Kier molecular flexibility index (Phi) is 4.68. The molecule has 5 aliphatic rings. The van der Waals surface area contributed by atoms with E-state index in [2.05, 4.69) is 10.2 Å². The molecule has 1 aliphatic heterocycles. The first kappa shape index (κ1) is 20.6. The molecule has 1 heterocycles. The van der Waals surface area contributed by atoms with Crippen LogP contribution in [-0.4, -0.2) is 40.4 Å². The summed E-state index contributed by atoms with van der Waals surface area (Å²) < 4.78 is 0. The third-order valence-electron chi connectivity index (χ3n) is 8.97. The van der Waals surface area contributed by atoms with Crippen LogP contribution >= 0.6 is 35.0 Å². The van der Waals surface area contributed by atoms with E-state index in [1.54, 1.807) is 11.8 Å². The lowest BCUT2D eigenvalue weighted by Crippen LogP contribution is -2.63.